The minimum atomic E-state index is 0.175. The van der Waals surface area contributed by atoms with Gasteiger partial charge in [0.15, 0.2) is 0 Å². The highest BCUT2D eigenvalue weighted by Gasteiger charge is 2.28. The van der Waals surface area contributed by atoms with Gasteiger partial charge in [0.05, 0.1) is 17.8 Å². The Balaban J connectivity index is 1.84. The number of aryl methyl sites for hydroxylation is 1. The van der Waals surface area contributed by atoms with Crippen LogP contribution in [0.5, 0.6) is 0 Å². The third-order valence-corrected chi connectivity index (χ3v) is 5.01. The van der Waals surface area contributed by atoms with Crippen LogP contribution >= 0.6 is 0 Å². The normalized spacial score (nSPS) is 21.1. The predicted molar refractivity (Wildman–Crippen MR) is 96.1 cm³/mol. The molecule has 1 fully saturated rings. The lowest BCUT2D eigenvalue weighted by molar-refractivity contribution is 0.0622. The first-order chi connectivity index (χ1) is 11.5. The van der Waals surface area contributed by atoms with E-state index in [-0.39, 0.29) is 5.91 Å². The van der Waals surface area contributed by atoms with Crippen molar-refractivity contribution in [3.8, 4) is 0 Å². The maximum Gasteiger partial charge on any atom is 0.255 e. The van der Waals surface area contributed by atoms with Crippen LogP contribution in [0.1, 0.15) is 47.7 Å². The molecule has 0 N–H and O–H groups in total. The number of amides is 1. The van der Waals surface area contributed by atoms with Crippen LogP contribution in [0.3, 0.4) is 0 Å². The Kier molecular flexibility index (Phi) is 4.74. The first-order valence-electron chi connectivity index (χ1n) is 8.81. The zero-order valence-electron chi connectivity index (χ0n) is 15.1. The van der Waals surface area contributed by atoms with E-state index in [2.05, 4.69) is 30.3 Å². The maximum atomic E-state index is 13.0. The second-order valence-corrected chi connectivity index (χ2v) is 7.35. The number of piperidine rings is 1. The van der Waals surface area contributed by atoms with Crippen molar-refractivity contribution in [3.05, 3.63) is 53.1 Å². The molecule has 2 aromatic heterocycles. The summed E-state index contributed by atoms with van der Waals surface area (Å²) in [5.74, 6) is 1.33. The van der Waals surface area contributed by atoms with E-state index in [0.29, 0.717) is 18.4 Å². The number of nitrogens with zero attached hydrogens (tertiary/aromatic N) is 3. The lowest BCUT2D eigenvalue weighted by Crippen LogP contribution is -2.42. The number of hydrogen-bond acceptors (Lipinski definition) is 2. The molecule has 0 bridgehead atoms. The van der Waals surface area contributed by atoms with E-state index in [9.17, 15) is 4.79 Å². The molecule has 3 rings (SSSR count). The van der Waals surface area contributed by atoms with Crippen molar-refractivity contribution in [2.75, 3.05) is 13.1 Å². The summed E-state index contributed by atoms with van der Waals surface area (Å²) < 4.78 is 2.19. The fraction of sp³-hybridized carbons (Fsp3) is 0.500. The van der Waals surface area contributed by atoms with Gasteiger partial charge in [0, 0.05) is 30.7 Å². The summed E-state index contributed by atoms with van der Waals surface area (Å²) in [5.41, 5.74) is 4.00. The molecule has 3 heterocycles. The van der Waals surface area contributed by atoms with Gasteiger partial charge in [-0.05, 0) is 50.3 Å². The van der Waals surface area contributed by atoms with Crippen LogP contribution in [0.4, 0.5) is 0 Å². The minimum Gasteiger partial charge on any atom is -0.342 e. The van der Waals surface area contributed by atoms with Gasteiger partial charge in [0.2, 0.25) is 0 Å². The van der Waals surface area contributed by atoms with Crippen molar-refractivity contribution in [3.63, 3.8) is 0 Å². The summed E-state index contributed by atoms with van der Waals surface area (Å²) in [6.07, 6.45) is 3.02. The third-order valence-electron chi connectivity index (χ3n) is 5.01. The van der Waals surface area contributed by atoms with Crippen molar-refractivity contribution in [2.45, 2.75) is 40.7 Å². The summed E-state index contributed by atoms with van der Waals surface area (Å²) in [4.78, 5) is 19.5. The molecule has 1 amide bonds. The molecule has 4 heteroatoms. The topological polar surface area (TPSA) is 38.1 Å². The Morgan fingerprint density at radius 3 is 2.54 bits per heavy atom. The molecule has 0 aliphatic carbocycles. The quantitative estimate of drug-likeness (QED) is 0.863. The van der Waals surface area contributed by atoms with Gasteiger partial charge in [0.25, 0.3) is 5.91 Å². The van der Waals surface area contributed by atoms with Gasteiger partial charge in [-0.15, -0.1) is 0 Å². The number of carbonyl (C=O) groups is 1. The first kappa shape index (κ1) is 16.7. The highest BCUT2D eigenvalue weighted by Crippen LogP contribution is 2.25. The first-order valence-corrected chi connectivity index (χ1v) is 8.81. The summed E-state index contributed by atoms with van der Waals surface area (Å²) in [6.45, 7) is 11.0. The summed E-state index contributed by atoms with van der Waals surface area (Å²) >= 11 is 0. The molecule has 2 unspecified atom stereocenters. The number of pyridine rings is 1. The van der Waals surface area contributed by atoms with E-state index in [1.807, 2.05) is 42.3 Å². The van der Waals surface area contributed by atoms with Crippen LogP contribution in [0.25, 0.3) is 0 Å². The molecule has 24 heavy (non-hydrogen) atoms. The molecule has 0 spiro atoms. The van der Waals surface area contributed by atoms with E-state index < -0.39 is 0 Å². The average molecular weight is 325 g/mol. The largest absolute Gasteiger partial charge is 0.342 e. The minimum absolute atomic E-state index is 0.175. The smallest absolute Gasteiger partial charge is 0.255 e. The SMILES string of the molecule is Cc1cc(C(=O)N2CC(C)CC(C)C2)c(C)n1Cc1ccccn1. The molecule has 0 aromatic carbocycles. The second-order valence-electron chi connectivity index (χ2n) is 7.35. The maximum absolute atomic E-state index is 13.0. The van der Waals surface area contributed by atoms with Crippen LogP contribution in [0, 0.1) is 25.7 Å². The Labute approximate surface area is 144 Å². The standard InChI is InChI=1S/C20H27N3O/c1-14-9-15(2)12-22(11-14)20(24)19-10-16(3)23(17(19)4)13-18-7-5-6-8-21-18/h5-8,10,14-15H,9,11-13H2,1-4H3. The number of carbonyl (C=O) groups excluding carboxylic acids is 1. The molecule has 1 saturated heterocycles. The van der Waals surface area contributed by atoms with Gasteiger partial charge in [-0.2, -0.15) is 0 Å². The van der Waals surface area contributed by atoms with E-state index in [1.165, 1.54) is 6.42 Å². The van der Waals surface area contributed by atoms with Crippen molar-refractivity contribution in [1.82, 2.24) is 14.5 Å². The van der Waals surface area contributed by atoms with Gasteiger partial charge in [-0.3, -0.25) is 9.78 Å². The number of hydrogen-bond donors (Lipinski definition) is 0. The summed E-state index contributed by atoms with van der Waals surface area (Å²) in [5, 5.41) is 0. The molecule has 4 nitrogen and oxygen atoms in total. The van der Waals surface area contributed by atoms with E-state index in [1.54, 1.807) is 0 Å². The monoisotopic (exact) mass is 325 g/mol. The number of aromatic nitrogens is 2. The lowest BCUT2D eigenvalue weighted by atomic mass is 9.91. The van der Waals surface area contributed by atoms with Crippen LogP contribution in [0.2, 0.25) is 0 Å². The highest BCUT2D eigenvalue weighted by atomic mass is 16.2. The molecule has 2 aromatic rings. The van der Waals surface area contributed by atoms with Gasteiger partial charge in [-0.1, -0.05) is 19.9 Å². The predicted octanol–water partition coefficient (Wildman–Crippen LogP) is 3.67. The molecule has 0 saturated carbocycles. The van der Waals surface area contributed by atoms with E-state index >= 15 is 0 Å². The highest BCUT2D eigenvalue weighted by molar-refractivity contribution is 5.95. The van der Waals surface area contributed by atoms with Gasteiger partial charge < -0.3 is 9.47 Å². The Morgan fingerprint density at radius 2 is 1.92 bits per heavy atom. The van der Waals surface area contributed by atoms with E-state index in [0.717, 1.165) is 35.7 Å². The molecule has 0 radical (unpaired) electrons. The van der Waals surface area contributed by atoms with Crippen molar-refractivity contribution in [2.24, 2.45) is 11.8 Å². The van der Waals surface area contributed by atoms with Crippen LogP contribution < -0.4 is 0 Å². The lowest BCUT2D eigenvalue weighted by Gasteiger charge is -2.35. The third kappa shape index (κ3) is 3.37. The second kappa shape index (κ2) is 6.80. The fourth-order valence-corrected chi connectivity index (χ4v) is 3.91. The molecule has 2 atom stereocenters. The molecule has 1 aliphatic rings. The van der Waals surface area contributed by atoms with Crippen molar-refractivity contribution >= 4 is 5.91 Å². The summed E-state index contributed by atoms with van der Waals surface area (Å²) in [6, 6.07) is 7.98. The fourth-order valence-electron chi connectivity index (χ4n) is 3.91. The van der Waals surface area contributed by atoms with Gasteiger partial charge in [0.1, 0.15) is 0 Å². The van der Waals surface area contributed by atoms with Gasteiger partial charge >= 0.3 is 0 Å². The molecule has 1 aliphatic heterocycles. The Hall–Kier alpha value is -2.10. The Morgan fingerprint density at radius 1 is 1.21 bits per heavy atom. The number of likely N-dealkylation sites (tertiary alicyclic amines) is 1. The zero-order valence-corrected chi connectivity index (χ0v) is 15.1. The molecular formula is C20H27N3O. The summed E-state index contributed by atoms with van der Waals surface area (Å²) in [7, 11) is 0. The molecular weight excluding hydrogens is 298 g/mol. The van der Waals surface area contributed by atoms with Crippen LogP contribution in [-0.2, 0) is 6.54 Å². The van der Waals surface area contributed by atoms with Crippen LogP contribution in [0.15, 0.2) is 30.5 Å². The van der Waals surface area contributed by atoms with Crippen LogP contribution in [-0.4, -0.2) is 33.4 Å². The number of rotatable bonds is 3. The van der Waals surface area contributed by atoms with Crippen molar-refractivity contribution in [1.29, 1.82) is 0 Å². The Bertz CT molecular complexity index is 710. The van der Waals surface area contributed by atoms with E-state index in [4.69, 9.17) is 0 Å². The average Bonchev–Trinajstić information content (AvgIpc) is 2.82. The zero-order chi connectivity index (χ0) is 17.3. The molecule has 128 valence electrons. The van der Waals surface area contributed by atoms with Gasteiger partial charge in [-0.25, -0.2) is 0 Å². The van der Waals surface area contributed by atoms with Crippen molar-refractivity contribution < 1.29 is 4.79 Å².